The highest BCUT2D eigenvalue weighted by molar-refractivity contribution is 7.14. The highest BCUT2D eigenvalue weighted by atomic mass is 32.1. The molecule has 0 spiro atoms. The normalized spacial score (nSPS) is 18.4. The predicted molar refractivity (Wildman–Crippen MR) is 127 cm³/mol. The minimum absolute atomic E-state index is 0.0202. The Kier molecular flexibility index (Phi) is 6.91. The van der Waals surface area contributed by atoms with Gasteiger partial charge in [0, 0.05) is 70.5 Å². The van der Waals surface area contributed by atoms with Gasteiger partial charge in [0.05, 0.1) is 5.00 Å². The van der Waals surface area contributed by atoms with Crippen molar-refractivity contribution in [2.24, 2.45) is 16.6 Å². The molecule has 0 aliphatic carbocycles. The van der Waals surface area contributed by atoms with Crippen LogP contribution in [0, 0.1) is 5.92 Å². The molecule has 1 amide bonds. The van der Waals surface area contributed by atoms with Gasteiger partial charge in [0.1, 0.15) is 5.82 Å². The van der Waals surface area contributed by atoms with Crippen LogP contribution in [0.15, 0.2) is 40.8 Å². The van der Waals surface area contributed by atoms with Crippen LogP contribution < -0.4 is 20.9 Å². The predicted octanol–water partition coefficient (Wildman–Crippen LogP) is 1.74. The maximum Gasteiger partial charge on any atom is 0.220 e. The van der Waals surface area contributed by atoms with Crippen molar-refractivity contribution >= 4 is 34.0 Å². The molecule has 0 atom stereocenters. The van der Waals surface area contributed by atoms with Gasteiger partial charge in [-0.1, -0.05) is 6.07 Å². The molecule has 0 unspecified atom stereocenters. The van der Waals surface area contributed by atoms with E-state index in [1.165, 1.54) is 5.00 Å². The largest absolute Gasteiger partial charge is 0.369 e. The number of amides is 1. The second-order valence-corrected chi connectivity index (χ2v) is 8.90. The number of guanidine groups is 1. The Balaban J connectivity index is 1.34. The van der Waals surface area contributed by atoms with Gasteiger partial charge in [0.15, 0.2) is 5.96 Å². The highest BCUT2D eigenvalue weighted by Crippen LogP contribution is 2.25. The van der Waals surface area contributed by atoms with Crippen LogP contribution in [0.25, 0.3) is 0 Å². The van der Waals surface area contributed by atoms with E-state index in [1.54, 1.807) is 11.3 Å². The fraction of sp³-hybridized carbons (Fsp3) is 0.500. The average Bonchev–Trinajstić information content (AvgIpc) is 3.35. The van der Waals surface area contributed by atoms with Crippen molar-refractivity contribution in [1.29, 1.82) is 0 Å². The lowest BCUT2D eigenvalue weighted by Gasteiger charge is -2.37. The Morgan fingerprint density at radius 3 is 2.58 bits per heavy atom. The molecular formula is C22H31N7OS. The molecule has 8 nitrogen and oxygen atoms in total. The number of aliphatic imine (C=N–C) groups is 1. The van der Waals surface area contributed by atoms with E-state index in [9.17, 15) is 4.79 Å². The minimum Gasteiger partial charge on any atom is -0.369 e. The zero-order chi connectivity index (χ0) is 21.6. The summed E-state index contributed by atoms with van der Waals surface area (Å²) < 4.78 is 0. The van der Waals surface area contributed by atoms with Gasteiger partial charge in [-0.2, -0.15) is 0 Å². The number of pyridine rings is 1. The molecule has 0 radical (unpaired) electrons. The number of piperidine rings is 1. The maximum absolute atomic E-state index is 11.5. The molecule has 2 aromatic heterocycles. The van der Waals surface area contributed by atoms with Gasteiger partial charge in [-0.25, -0.2) is 4.98 Å². The van der Waals surface area contributed by atoms with Crippen molar-refractivity contribution in [1.82, 2.24) is 15.2 Å². The first-order valence-electron chi connectivity index (χ1n) is 10.9. The first-order valence-corrected chi connectivity index (χ1v) is 11.8. The number of rotatable bonds is 5. The van der Waals surface area contributed by atoms with E-state index in [4.69, 9.17) is 5.73 Å². The highest BCUT2D eigenvalue weighted by Gasteiger charge is 2.25. The molecule has 4 rings (SSSR count). The number of nitrogens with two attached hydrogens (primary N) is 1. The van der Waals surface area contributed by atoms with Crippen molar-refractivity contribution < 1.29 is 4.79 Å². The summed E-state index contributed by atoms with van der Waals surface area (Å²) >= 11 is 1.79. The minimum atomic E-state index is -0.189. The molecule has 2 aliphatic heterocycles. The Morgan fingerprint density at radius 2 is 1.94 bits per heavy atom. The van der Waals surface area contributed by atoms with Crippen molar-refractivity contribution in [2.45, 2.75) is 19.4 Å². The molecule has 2 saturated heterocycles. The van der Waals surface area contributed by atoms with Crippen LogP contribution in [0.3, 0.4) is 0 Å². The number of carbonyl (C=O) groups is 1. The van der Waals surface area contributed by atoms with Gasteiger partial charge in [-0.15, -0.1) is 11.3 Å². The first kappa shape index (κ1) is 21.4. The Morgan fingerprint density at radius 1 is 1.16 bits per heavy atom. The van der Waals surface area contributed by atoms with E-state index in [2.05, 4.69) is 53.6 Å². The third-order valence-electron chi connectivity index (χ3n) is 6.11. The topological polar surface area (TPSA) is 90.1 Å². The summed E-state index contributed by atoms with van der Waals surface area (Å²) in [7, 11) is 1.84. The zero-order valence-electron chi connectivity index (χ0n) is 18.0. The number of aromatic nitrogens is 1. The average molecular weight is 442 g/mol. The zero-order valence-corrected chi connectivity index (χ0v) is 18.9. The van der Waals surface area contributed by atoms with Crippen molar-refractivity contribution in [3.63, 3.8) is 0 Å². The van der Waals surface area contributed by atoms with Crippen molar-refractivity contribution in [3.8, 4) is 0 Å². The summed E-state index contributed by atoms with van der Waals surface area (Å²) in [6.07, 6.45) is 3.40. The summed E-state index contributed by atoms with van der Waals surface area (Å²) in [5.74, 6) is 1.70. The Bertz CT molecular complexity index is 885. The lowest BCUT2D eigenvalue weighted by atomic mass is 9.96. The van der Waals surface area contributed by atoms with E-state index in [-0.39, 0.29) is 11.8 Å². The van der Waals surface area contributed by atoms with Gasteiger partial charge in [0.25, 0.3) is 0 Å². The fourth-order valence-corrected chi connectivity index (χ4v) is 5.11. The Hall–Kier alpha value is -2.81. The lowest BCUT2D eigenvalue weighted by Crippen LogP contribution is -2.52. The Labute approximate surface area is 187 Å². The van der Waals surface area contributed by atoms with Crippen LogP contribution in [0.1, 0.15) is 18.4 Å². The molecule has 2 aliphatic rings. The van der Waals surface area contributed by atoms with E-state index in [0.29, 0.717) is 6.54 Å². The summed E-state index contributed by atoms with van der Waals surface area (Å²) in [6, 6.07) is 8.37. The van der Waals surface area contributed by atoms with Gasteiger partial charge in [0.2, 0.25) is 5.91 Å². The molecule has 31 heavy (non-hydrogen) atoms. The lowest BCUT2D eigenvalue weighted by molar-refractivity contribution is -0.122. The van der Waals surface area contributed by atoms with Crippen LogP contribution in [0.2, 0.25) is 0 Å². The van der Waals surface area contributed by atoms with Crippen LogP contribution >= 0.6 is 11.3 Å². The molecule has 9 heteroatoms. The number of carbonyl (C=O) groups excluding carboxylic acids is 1. The van der Waals surface area contributed by atoms with Crippen molar-refractivity contribution in [2.75, 3.05) is 56.1 Å². The molecular weight excluding hydrogens is 410 g/mol. The van der Waals surface area contributed by atoms with Crippen LogP contribution in [0.4, 0.5) is 10.8 Å². The molecule has 0 saturated carbocycles. The molecule has 2 aromatic rings. The smallest absolute Gasteiger partial charge is 0.220 e. The number of hydrogen-bond acceptors (Lipinski definition) is 6. The van der Waals surface area contributed by atoms with E-state index >= 15 is 0 Å². The number of anilines is 2. The summed E-state index contributed by atoms with van der Waals surface area (Å²) in [6.45, 7) is 6.14. The van der Waals surface area contributed by atoms with Gasteiger partial charge >= 0.3 is 0 Å². The van der Waals surface area contributed by atoms with E-state index < -0.39 is 0 Å². The van der Waals surface area contributed by atoms with E-state index in [0.717, 1.165) is 69.5 Å². The number of primary amides is 1. The standard InChI is InChI=1S/C22H31N7OS/c1-24-22(29-13-11-27(12-14-29)19-5-3-15-31-19)26-16-18-4-2-8-25-21(18)28-9-6-17(7-10-28)20(23)30/h2-5,8,15,17H,6-7,9-14,16H2,1H3,(H2,23,30)(H,24,26). The van der Waals surface area contributed by atoms with Gasteiger partial charge < -0.3 is 25.8 Å². The van der Waals surface area contributed by atoms with Crippen LogP contribution in [-0.2, 0) is 11.3 Å². The third-order valence-corrected chi connectivity index (χ3v) is 7.04. The fourth-order valence-electron chi connectivity index (χ4n) is 4.32. The second kappa shape index (κ2) is 10.00. The van der Waals surface area contributed by atoms with Crippen molar-refractivity contribution in [3.05, 3.63) is 41.4 Å². The maximum atomic E-state index is 11.5. The van der Waals surface area contributed by atoms with E-state index in [1.807, 2.05) is 19.3 Å². The number of nitrogens with zero attached hydrogens (tertiary/aromatic N) is 5. The first-order chi connectivity index (χ1) is 15.2. The number of nitrogens with one attached hydrogen (secondary N) is 1. The summed E-state index contributed by atoms with van der Waals surface area (Å²) in [5.41, 5.74) is 6.62. The quantitative estimate of drug-likeness (QED) is 0.543. The molecule has 0 aromatic carbocycles. The monoisotopic (exact) mass is 441 g/mol. The SMILES string of the molecule is CN=C(NCc1cccnc1N1CCC(C(N)=O)CC1)N1CCN(c2cccs2)CC1. The van der Waals surface area contributed by atoms with Crippen LogP contribution in [0.5, 0.6) is 0 Å². The number of piperazine rings is 1. The third kappa shape index (κ3) is 5.10. The summed E-state index contributed by atoms with van der Waals surface area (Å²) in [4.78, 5) is 27.6. The van der Waals surface area contributed by atoms with Gasteiger partial charge in [-0.3, -0.25) is 9.79 Å². The van der Waals surface area contributed by atoms with Crippen LogP contribution in [-0.4, -0.2) is 68.1 Å². The molecule has 4 heterocycles. The number of hydrogen-bond donors (Lipinski definition) is 2. The molecule has 166 valence electrons. The second-order valence-electron chi connectivity index (χ2n) is 7.98. The van der Waals surface area contributed by atoms with Gasteiger partial charge in [-0.05, 0) is 36.4 Å². The summed E-state index contributed by atoms with van der Waals surface area (Å²) in [5, 5.41) is 7.00. The molecule has 2 fully saturated rings. The number of thiophene rings is 1. The molecule has 0 bridgehead atoms. The molecule has 3 N–H and O–H groups in total.